The summed E-state index contributed by atoms with van der Waals surface area (Å²) in [7, 11) is 3.28. The van der Waals surface area contributed by atoms with E-state index in [9.17, 15) is 4.79 Å². The second kappa shape index (κ2) is 11.2. The lowest BCUT2D eigenvalue weighted by atomic mass is 9.87. The quantitative estimate of drug-likeness (QED) is 0.425. The van der Waals surface area contributed by atoms with Gasteiger partial charge >= 0.3 is 5.97 Å². The van der Waals surface area contributed by atoms with E-state index in [1.54, 1.807) is 16.9 Å². The average Bonchev–Trinajstić information content (AvgIpc) is 3.23. The number of carbonyl (C=O) groups is 1. The Morgan fingerprint density at radius 3 is 2.83 bits per heavy atom. The minimum Gasteiger partial charge on any atom is -0.489 e. The fraction of sp³-hybridized carbons (Fsp3) is 0.520. The number of nitrogens with zero attached hydrogens (tertiary/aromatic N) is 6. The number of hydrogen-bond donors (Lipinski definition) is 0. The normalized spacial score (nSPS) is 17.7. The second-order valence-corrected chi connectivity index (χ2v) is 8.75. The molecule has 0 bridgehead atoms. The van der Waals surface area contributed by atoms with E-state index < -0.39 is 0 Å². The highest BCUT2D eigenvalue weighted by Gasteiger charge is 2.29. The molecule has 1 aliphatic carbocycles. The van der Waals surface area contributed by atoms with Crippen LogP contribution in [0.2, 0.25) is 0 Å². The van der Waals surface area contributed by atoms with Crippen LogP contribution in [0.5, 0.6) is 11.6 Å². The first-order valence-electron chi connectivity index (χ1n) is 12.0. The Kier molecular flexibility index (Phi) is 7.89. The van der Waals surface area contributed by atoms with Crippen LogP contribution in [-0.2, 0) is 23.0 Å². The molecule has 35 heavy (non-hydrogen) atoms. The van der Waals surface area contributed by atoms with Crippen molar-refractivity contribution in [2.75, 3.05) is 13.7 Å². The van der Waals surface area contributed by atoms with Crippen LogP contribution in [0.15, 0.2) is 24.4 Å². The molecule has 1 fully saturated rings. The molecule has 0 saturated heterocycles. The topological polar surface area (TPSA) is 114 Å². The smallest absolute Gasteiger partial charge is 0.308 e. The standard InChI is InChI=1S/C25H32N6O4/c1-5-13-34-23-11-12-26-22(28-23)15-20-24(29-30-31(20)3)19-9-10-21(16(2)27-19)35-18-8-6-7-17(14-18)25(32)33-4/h9-12,17-18H,5-8,13-15H2,1-4H3/t17-,18-/m0/s1. The number of pyridine rings is 1. The lowest BCUT2D eigenvalue weighted by Crippen LogP contribution is -2.30. The van der Waals surface area contributed by atoms with E-state index in [4.69, 9.17) is 19.2 Å². The molecule has 0 N–H and O–H groups in total. The third-order valence-corrected chi connectivity index (χ3v) is 6.14. The summed E-state index contributed by atoms with van der Waals surface area (Å²) < 4.78 is 18.5. The van der Waals surface area contributed by atoms with Gasteiger partial charge in [0.15, 0.2) is 0 Å². The molecule has 3 aromatic rings. The molecule has 0 unspecified atom stereocenters. The lowest BCUT2D eigenvalue weighted by molar-refractivity contribution is -0.147. The molecular weight excluding hydrogens is 448 g/mol. The highest BCUT2D eigenvalue weighted by Crippen LogP contribution is 2.31. The van der Waals surface area contributed by atoms with Crippen molar-refractivity contribution in [3.8, 4) is 23.0 Å². The van der Waals surface area contributed by atoms with Crippen LogP contribution in [0.25, 0.3) is 11.4 Å². The Labute approximate surface area is 205 Å². The minimum atomic E-state index is -0.162. The van der Waals surface area contributed by atoms with Gasteiger partial charge in [-0.25, -0.2) is 9.97 Å². The van der Waals surface area contributed by atoms with Crippen LogP contribution in [0.1, 0.15) is 56.2 Å². The van der Waals surface area contributed by atoms with Crippen LogP contribution in [-0.4, -0.2) is 55.7 Å². The molecule has 3 heterocycles. The van der Waals surface area contributed by atoms with Gasteiger partial charge in [-0.2, -0.15) is 4.98 Å². The Morgan fingerprint density at radius 1 is 1.20 bits per heavy atom. The summed E-state index contributed by atoms with van der Waals surface area (Å²) in [5.74, 6) is 1.62. The van der Waals surface area contributed by atoms with Crippen molar-refractivity contribution >= 4 is 5.97 Å². The Bertz CT molecular complexity index is 1160. The van der Waals surface area contributed by atoms with Gasteiger partial charge in [-0.1, -0.05) is 12.1 Å². The van der Waals surface area contributed by atoms with Gasteiger partial charge < -0.3 is 14.2 Å². The van der Waals surface area contributed by atoms with Crippen molar-refractivity contribution in [2.24, 2.45) is 13.0 Å². The van der Waals surface area contributed by atoms with Gasteiger partial charge in [0.1, 0.15) is 17.3 Å². The average molecular weight is 481 g/mol. The van der Waals surface area contributed by atoms with Crippen molar-refractivity contribution in [1.82, 2.24) is 29.9 Å². The molecule has 2 atom stereocenters. The van der Waals surface area contributed by atoms with Gasteiger partial charge in [-0.3, -0.25) is 9.48 Å². The number of aromatic nitrogens is 6. The molecule has 186 valence electrons. The molecule has 1 saturated carbocycles. The summed E-state index contributed by atoms with van der Waals surface area (Å²) in [5.41, 5.74) is 2.98. The van der Waals surface area contributed by atoms with Crippen molar-refractivity contribution in [1.29, 1.82) is 0 Å². The molecule has 10 heteroatoms. The molecular formula is C25H32N6O4. The molecule has 0 amide bonds. The lowest BCUT2D eigenvalue weighted by Gasteiger charge is -2.28. The number of aryl methyl sites for hydroxylation is 2. The van der Waals surface area contributed by atoms with E-state index in [1.165, 1.54) is 7.11 Å². The zero-order valence-electron chi connectivity index (χ0n) is 20.7. The van der Waals surface area contributed by atoms with Gasteiger partial charge in [-0.05, 0) is 51.2 Å². The number of rotatable bonds is 9. The number of hydrogen-bond acceptors (Lipinski definition) is 9. The summed E-state index contributed by atoms with van der Waals surface area (Å²) in [5, 5.41) is 8.56. The summed E-state index contributed by atoms with van der Waals surface area (Å²) in [6, 6.07) is 5.55. The fourth-order valence-corrected chi connectivity index (χ4v) is 4.29. The van der Waals surface area contributed by atoms with E-state index in [0.29, 0.717) is 48.3 Å². The summed E-state index contributed by atoms with van der Waals surface area (Å²) >= 11 is 0. The molecule has 1 aliphatic rings. The highest BCUT2D eigenvalue weighted by atomic mass is 16.5. The number of carbonyl (C=O) groups excluding carboxylic acids is 1. The zero-order chi connectivity index (χ0) is 24.8. The largest absolute Gasteiger partial charge is 0.489 e. The van der Waals surface area contributed by atoms with Gasteiger partial charge in [-0.15, -0.1) is 5.10 Å². The highest BCUT2D eigenvalue weighted by molar-refractivity contribution is 5.72. The minimum absolute atomic E-state index is 0.0365. The summed E-state index contributed by atoms with van der Waals surface area (Å²) in [6.07, 6.45) is 6.35. The SMILES string of the molecule is CCCOc1ccnc(Cc2c(-c3ccc(O[C@H]4CCC[C@H](C(=O)OC)C4)c(C)n3)nnn2C)n1. The fourth-order valence-electron chi connectivity index (χ4n) is 4.29. The van der Waals surface area contributed by atoms with E-state index >= 15 is 0 Å². The first-order valence-corrected chi connectivity index (χ1v) is 12.0. The monoisotopic (exact) mass is 480 g/mol. The number of esters is 1. The summed E-state index contributed by atoms with van der Waals surface area (Å²) in [6.45, 7) is 4.57. The maximum atomic E-state index is 11.9. The van der Waals surface area contributed by atoms with Crippen molar-refractivity contribution in [3.63, 3.8) is 0 Å². The molecule has 0 aromatic carbocycles. The van der Waals surface area contributed by atoms with E-state index in [2.05, 4.69) is 27.2 Å². The van der Waals surface area contributed by atoms with E-state index in [0.717, 1.165) is 37.1 Å². The van der Waals surface area contributed by atoms with Crippen molar-refractivity contribution < 1.29 is 19.0 Å². The predicted octanol–water partition coefficient (Wildman–Crippen LogP) is 3.47. The maximum absolute atomic E-state index is 11.9. The first kappa shape index (κ1) is 24.6. The maximum Gasteiger partial charge on any atom is 0.308 e. The molecule has 10 nitrogen and oxygen atoms in total. The Hall–Kier alpha value is -3.56. The van der Waals surface area contributed by atoms with Gasteiger partial charge in [0.25, 0.3) is 0 Å². The van der Waals surface area contributed by atoms with E-state index in [1.807, 2.05) is 26.1 Å². The van der Waals surface area contributed by atoms with E-state index in [-0.39, 0.29) is 18.0 Å². The second-order valence-electron chi connectivity index (χ2n) is 8.75. The van der Waals surface area contributed by atoms with Crippen LogP contribution in [0, 0.1) is 12.8 Å². The Balaban J connectivity index is 1.50. The van der Waals surface area contributed by atoms with Crippen LogP contribution in [0.4, 0.5) is 0 Å². The van der Waals surface area contributed by atoms with Gasteiger partial charge in [0.05, 0.1) is 49.2 Å². The number of ether oxygens (including phenoxy) is 3. The Morgan fingerprint density at radius 2 is 2.06 bits per heavy atom. The molecule has 3 aromatic heterocycles. The van der Waals surface area contributed by atoms with Crippen molar-refractivity contribution in [3.05, 3.63) is 41.6 Å². The number of methoxy groups -OCH3 is 1. The molecule has 4 rings (SSSR count). The van der Waals surface area contributed by atoms with Gasteiger partial charge in [0, 0.05) is 19.3 Å². The third-order valence-electron chi connectivity index (χ3n) is 6.14. The first-order chi connectivity index (χ1) is 17.0. The van der Waals surface area contributed by atoms with Crippen LogP contribution >= 0.6 is 0 Å². The molecule has 0 spiro atoms. The zero-order valence-corrected chi connectivity index (χ0v) is 20.7. The third kappa shape index (κ3) is 5.93. The summed E-state index contributed by atoms with van der Waals surface area (Å²) in [4.78, 5) is 25.6. The van der Waals surface area contributed by atoms with Crippen molar-refractivity contribution in [2.45, 2.75) is 58.5 Å². The predicted molar refractivity (Wildman–Crippen MR) is 128 cm³/mol. The van der Waals surface area contributed by atoms with Gasteiger partial charge in [0.2, 0.25) is 5.88 Å². The van der Waals surface area contributed by atoms with Crippen LogP contribution < -0.4 is 9.47 Å². The molecule has 0 aliphatic heterocycles. The molecule has 0 radical (unpaired) electrons. The van der Waals surface area contributed by atoms with Crippen LogP contribution in [0.3, 0.4) is 0 Å².